The van der Waals surface area contributed by atoms with E-state index in [2.05, 4.69) is 18.8 Å². The van der Waals surface area contributed by atoms with E-state index in [-0.39, 0.29) is 23.1 Å². The Bertz CT molecular complexity index is 1470. The van der Waals surface area contributed by atoms with E-state index < -0.39 is 0 Å². The molecule has 2 aromatic carbocycles. The minimum absolute atomic E-state index is 0.00200. The highest BCUT2D eigenvalue weighted by molar-refractivity contribution is 5.83. The molecule has 2 heterocycles. The number of rotatable bonds is 3. The van der Waals surface area contributed by atoms with Crippen LogP contribution in [0, 0.1) is 17.7 Å². The van der Waals surface area contributed by atoms with E-state index in [1.165, 1.54) is 6.07 Å². The number of hydrogen-bond acceptors (Lipinski definition) is 4. The second kappa shape index (κ2) is 8.74. The molecule has 4 nitrogen and oxygen atoms in total. The van der Waals surface area contributed by atoms with E-state index in [0.717, 1.165) is 47.3 Å². The maximum Gasteiger partial charge on any atom is 0.160 e. The Balaban J connectivity index is 1.57. The number of halogens is 1. The molecule has 4 aromatic rings. The van der Waals surface area contributed by atoms with Crippen LogP contribution in [-0.2, 0) is 16.6 Å². The Labute approximate surface area is 210 Å². The van der Waals surface area contributed by atoms with Crippen molar-refractivity contribution in [2.45, 2.75) is 44.9 Å². The van der Waals surface area contributed by atoms with Crippen molar-refractivity contribution >= 4 is 5.78 Å². The molecule has 0 radical (unpaired) electrons. The lowest BCUT2D eigenvalue weighted by atomic mass is 9.56. The van der Waals surface area contributed by atoms with Gasteiger partial charge in [-0.2, -0.15) is 0 Å². The molecule has 0 aliphatic heterocycles. The lowest BCUT2D eigenvalue weighted by molar-refractivity contribution is -0.128. The number of fused-ring (bicyclic) bond motifs is 3. The van der Waals surface area contributed by atoms with E-state index >= 15 is 4.39 Å². The molecule has 2 aliphatic carbocycles. The van der Waals surface area contributed by atoms with Gasteiger partial charge in [0.2, 0.25) is 0 Å². The first-order valence-electron chi connectivity index (χ1n) is 12.7. The van der Waals surface area contributed by atoms with Crippen LogP contribution in [-0.4, -0.2) is 20.7 Å². The van der Waals surface area contributed by atoms with Gasteiger partial charge in [-0.3, -0.25) is 9.78 Å². The number of Topliss-reactive ketones (excluding diaryl/α,β-unsaturated/α-hetero) is 1. The Morgan fingerprint density at radius 1 is 0.944 bits per heavy atom. The van der Waals surface area contributed by atoms with Crippen LogP contribution in [0.25, 0.3) is 33.9 Å². The molecule has 3 atom stereocenters. The Hall–Kier alpha value is -3.73. The van der Waals surface area contributed by atoms with E-state index in [4.69, 9.17) is 9.97 Å². The fourth-order valence-electron chi connectivity index (χ4n) is 6.27. The van der Waals surface area contributed by atoms with Gasteiger partial charge in [0.1, 0.15) is 11.6 Å². The molecule has 0 unspecified atom stereocenters. The molecular weight excluding hydrogens is 449 g/mol. The van der Waals surface area contributed by atoms with E-state index in [0.29, 0.717) is 29.3 Å². The molecule has 0 N–H and O–H groups in total. The van der Waals surface area contributed by atoms with E-state index in [9.17, 15) is 4.79 Å². The van der Waals surface area contributed by atoms with Gasteiger partial charge in [0.25, 0.3) is 0 Å². The molecule has 5 heteroatoms. The van der Waals surface area contributed by atoms with Crippen LogP contribution in [0.2, 0.25) is 0 Å². The van der Waals surface area contributed by atoms with Crippen molar-refractivity contribution in [1.82, 2.24) is 15.0 Å². The van der Waals surface area contributed by atoms with Gasteiger partial charge < -0.3 is 0 Å². The monoisotopic (exact) mass is 477 g/mol. The summed E-state index contributed by atoms with van der Waals surface area (Å²) >= 11 is 0. The average Bonchev–Trinajstić information content (AvgIpc) is 2.91. The molecular formula is C31H28FN3O. The van der Waals surface area contributed by atoms with Gasteiger partial charge in [-0.25, -0.2) is 14.4 Å². The number of ketones is 1. The summed E-state index contributed by atoms with van der Waals surface area (Å²) < 4.78 is 15.1. The smallest absolute Gasteiger partial charge is 0.160 e. The number of benzene rings is 2. The second-order valence-corrected chi connectivity index (χ2v) is 10.3. The second-order valence-electron chi connectivity index (χ2n) is 10.3. The first-order chi connectivity index (χ1) is 17.5. The van der Waals surface area contributed by atoms with Crippen LogP contribution >= 0.6 is 0 Å². The highest BCUT2D eigenvalue weighted by Crippen LogP contribution is 2.52. The summed E-state index contributed by atoms with van der Waals surface area (Å²) in [5, 5.41) is 0. The Morgan fingerprint density at radius 2 is 1.72 bits per heavy atom. The van der Waals surface area contributed by atoms with Crippen molar-refractivity contribution in [1.29, 1.82) is 0 Å². The maximum atomic E-state index is 15.1. The molecule has 0 amide bonds. The first kappa shape index (κ1) is 22.7. The summed E-state index contributed by atoms with van der Waals surface area (Å²) in [4.78, 5) is 27.3. The van der Waals surface area contributed by atoms with Crippen molar-refractivity contribution in [2.24, 2.45) is 11.8 Å². The van der Waals surface area contributed by atoms with Crippen LogP contribution in [0.5, 0.6) is 0 Å². The summed E-state index contributed by atoms with van der Waals surface area (Å²) in [6, 6.07) is 20.7. The van der Waals surface area contributed by atoms with E-state index in [1.807, 2.05) is 48.5 Å². The lowest BCUT2D eigenvalue weighted by Crippen LogP contribution is -2.47. The number of pyridine rings is 1. The van der Waals surface area contributed by atoms with Crippen LogP contribution in [0.1, 0.15) is 44.4 Å². The van der Waals surface area contributed by atoms with Crippen molar-refractivity contribution in [2.75, 3.05) is 0 Å². The third kappa shape index (κ3) is 3.65. The molecule has 0 bridgehead atoms. The third-order valence-electron chi connectivity index (χ3n) is 8.29. The fraction of sp³-hybridized carbons (Fsp3) is 0.290. The summed E-state index contributed by atoms with van der Waals surface area (Å²) in [5.41, 5.74) is 5.58. The first-order valence-corrected chi connectivity index (χ1v) is 12.7. The predicted octanol–water partition coefficient (Wildman–Crippen LogP) is 6.83. The minimum atomic E-state index is -0.288. The number of hydrogen-bond donors (Lipinski definition) is 0. The van der Waals surface area contributed by atoms with Crippen molar-refractivity contribution in [3.8, 4) is 33.9 Å². The van der Waals surface area contributed by atoms with Gasteiger partial charge in [-0.05, 0) is 49.4 Å². The lowest BCUT2D eigenvalue weighted by Gasteiger charge is -2.48. The largest absolute Gasteiger partial charge is 0.299 e. The Morgan fingerprint density at radius 3 is 2.53 bits per heavy atom. The predicted molar refractivity (Wildman–Crippen MR) is 139 cm³/mol. The van der Waals surface area contributed by atoms with Gasteiger partial charge in [0.05, 0.1) is 17.1 Å². The number of aromatic nitrogens is 3. The SMILES string of the molecule is C[C@H]1C(=O)CC[C@@]2(C)c3nc(-c4ccnc(-c5ccccc5)c4)nc(-c4ccccc4F)c3CC[C@H]12. The normalized spacial score (nSPS) is 23.1. The zero-order valence-electron chi connectivity index (χ0n) is 20.5. The zero-order chi connectivity index (χ0) is 24.9. The molecule has 1 saturated carbocycles. The molecule has 0 saturated heterocycles. The van der Waals surface area contributed by atoms with Crippen LogP contribution in [0.4, 0.5) is 4.39 Å². The van der Waals surface area contributed by atoms with E-state index in [1.54, 1.807) is 18.3 Å². The summed E-state index contributed by atoms with van der Waals surface area (Å²) in [6.07, 6.45) is 4.70. The zero-order valence-corrected chi connectivity index (χ0v) is 20.5. The van der Waals surface area contributed by atoms with Crippen LogP contribution < -0.4 is 0 Å². The quantitative estimate of drug-likeness (QED) is 0.324. The standard InChI is InChI=1S/C31H28FN3O/c1-19-24-13-12-23-28(22-10-6-7-11-25(22)32)34-30(35-29(23)31(24,2)16-14-27(19)36)21-15-17-33-26(18-21)20-8-4-3-5-9-20/h3-11,15,17-19,24H,12-14,16H2,1-2H3/t19-,24-,31-/m1/s1. The van der Waals surface area contributed by atoms with Gasteiger partial charge in [-0.1, -0.05) is 56.3 Å². The molecule has 6 rings (SSSR count). The van der Waals surface area contributed by atoms with Gasteiger partial charge in [0.15, 0.2) is 5.82 Å². The highest BCUT2D eigenvalue weighted by Gasteiger charge is 2.49. The molecule has 0 spiro atoms. The highest BCUT2D eigenvalue weighted by atomic mass is 19.1. The fourth-order valence-corrected chi connectivity index (χ4v) is 6.27. The molecule has 2 aliphatic rings. The van der Waals surface area contributed by atoms with Crippen molar-refractivity contribution < 1.29 is 9.18 Å². The maximum absolute atomic E-state index is 15.1. The molecule has 2 aromatic heterocycles. The third-order valence-corrected chi connectivity index (χ3v) is 8.29. The van der Waals surface area contributed by atoms with Gasteiger partial charge >= 0.3 is 0 Å². The topological polar surface area (TPSA) is 55.7 Å². The number of carbonyl (C=O) groups is 1. The van der Waals surface area contributed by atoms with Crippen molar-refractivity contribution in [3.05, 3.63) is 90.0 Å². The molecule has 36 heavy (non-hydrogen) atoms. The summed E-state index contributed by atoms with van der Waals surface area (Å²) in [5.74, 6) is 0.838. The summed E-state index contributed by atoms with van der Waals surface area (Å²) in [7, 11) is 0. The van der Waals surface area contributed by atoms with Crippen molar-refractivity contribution in [3.63, 3.8) is 0 Å². The van der Waals surface area contributed by atoms with Crippen LogP contribution in [0.3, 0.4) is 0 Å². The average molecular weight is 478 g/mol. The molecule has 180 valence electrons. The molecule has 1 fully saturated rings. The Kier molecular flexibility index (Phi) is 5.51. The van der Waals surface area contributed by atoms with Gasteiger partial charge in [0, 0.05) is 46.2 Å². The van der Waals surface area contributed by atoms with Crippen LogP contribution in [0.15, 0.2) is 72.9 Å². The summed E-state index contributed by atoms with van der Waals surface area (Å²) in [6.45, 7) is 4.30. The van der Waals surface area contributed by atoms with Gasteiger partial charge in [-0.15, -0.1) is 0 Å². The number of nitrogens with zero attached hydrogens (tertiary/aromatic N) is 3. The number of carbonyl (C=O) groups excluding carboxylic acids is 1. The minimum Gasteiger partial charge on any atom is -0.299 e.